The molecule has 0 aliphatic carbocycles. The summed E-state index contributed by atoms with van der Waals surface area (Å²) in [5.74, 6) is 0. The van der Waals surface area contributed by atoms with Gasteiger partial charge in [0.2, 0.25) is 0 Å². The largest absolute Gasteiger partial charge is 0.314 e. The third-order valence-electron chi connectivity index (χ3n) is 3.91. The number of halogens is 1. The van der Waals surface area contributed by atoms with Crippen LogP contribution < -0.4 is 5.32 Å². The SMILES string of the molecule is CCCCCCCCC(Cc1ccncc1Cl)NCCC. The molecule has 120 valence electrons. The minimum absolute atomic E-state index is 0.538. The molecule has 0 aromatic carbocycles. The number of aromatic nitrogens is 1. The number of hydrogen-bond donors (Lipinski definition) is 1. The molecular formula is C18H31ClN2. The quantitative estimate of drug-likeness (QED) is 0.523. The zero-order valence-electron chi connectivity index (χ0n) is 13.7. The number of nitrogens with zero attached hydrogens (tertiary/aromatic N) is 1. The number of unbranched alkanes of at least 4 members (excludes halogenated alkanes) is 5. The monoisotopic (exact) mass is 310 g/mol. The zero-order chi connectivity index (χ0) is 15.3. The van der Waals surface area contributed by atoms with Crippen LogP contribution in [0.4, 0.5) is 0 Å². The first-order valence-corrected chi connectivity index (χ1v) is 8.97. The smallest absolute Gasteiger partial charge is 0.0621 e. The van der Waals surface area contributed by atoms with E-state index in [1.54, 1.807) is 6.20 Å². The van der Waals surface area contributed by atoms with E-state index in [2.05, 4.69) is 24.1 Å². The molecule has 1 atom stereocenters. The van der Waals surface area contributed by atoms with Crippen molar-refractivity contribution in [2.45, 2.75) is 77.7 Å². The molecular weight excluding hydrogens is 280 g/mol. The van der Waals surface area contributed by atoms with Crippen molar-refractivity contribution in [2.24, 2.45) is 0 Å². The van der Waals surface area contributed by atoms with E-state index in [0.29, 0.717) is 6.04 Å². The van der Waals surface area contributed by atoms with Gasteiger partial charge in [-0.05, 0) is 37.4 Å². The Morgan fingerprint density at radius 1 is 1.10 bits per heavy atom. The number of rotatable bonds is 12. The molecule has 1 rings (SSSR count). The Balaban J connectivity index is 2.35. The number of pyridine rings is 1. The van der Waals surface area contributed by atoms with Crippen LogP contribution in [0.3, 0.4) is 0 Å². The van der Waals surface area contributed by atoms with Gasteiger partial charge >= 0.3 is 0 Å². The average Bonchev–Trinajstić information content (AvgIpc) is 2.50. The van der Waals surface area contributed by atoms with Crippen LogP contribution in [0.25, 0.3) is 0 Å². The zero-order valence-corrected chi connectivity index (χ0v) is 14.5. The van der Waals surface area contributed by atoms with Gasteiger partial charge in [0.15, 0.2) is 0 Å². The Labute approximate surface area is 135 Å². The molecule has 0 saturated carbocycles. The molecule has 0 aliphatic rings. The van der Waals surface area contributed by atoms with Gasteiger partial charge < -0.3 is 5.32 Å². The lowest BCUT2D eigenvalue weighted by Gasteiger charge is -2.19. The summed E-state index contributed by atoms with van der Waals surface area (Å²) in [4.78, 5) is 4.07. The van der Waals surface area contributed by atoms with E-state index in [4.69, 9.17) is 11.6 Å². The fourth-order valence-corrected chi connectivity index (χ4v) is 2.83. The Kier molecular flexibility index (Phi) is 10.5. The maximum absolute atomic E-state index is 6.23. The van der Waals surface area contributed by atoms with Gasteiger partial charge in [0, 0.05) is 18.4 Å². The first kappa shape index (κ1) is 18.4. The van der Waals surface area contributed by atoms with Crippen LogP contribution in [0.5, 0.6) is 0 Å². The van der Waals surface area contributed by atoms with Crippen molar-refractivity contribution in [3.8, 4) is 0 Å². The molecule has 3 heteroatoms. The van der Waals surface area contributed by atoms with Gasteiger partial charge in [0.1, 0.15) is 0 Å². The van der Waals surface area contributed by atoms with Crippen molar-refractivity contribution in [2.75, 3.05) is 6.54 Å². The molecule has 0 spiro atoms. The lowest BCUT2D eigenvalue weighted by atomic mass is 10.00. The van der Waals surface area contributed by atoms with Crippen LogP contribution in [0.15, 0.2) is 18.5 Å². The first-order chi connectivity index (χ1) is 10.3. The highest BCUT2D eigenvalue weighted by atomic mass is 35.5. The summed E-state index contributed by atoms with van der Waals surface area (Å²) in [5.41, 5.74) is 1.21. The van der Waals surface area contributed by atoms with Gasteiger partial charge in [-0.1, -0.05) is 64.0 Å². The second kappa shape index (κ2) is 12.0. The maximum atomic E-state index is 6.23. The molecule has 0 fully saturated rings. The predicted molar refractivity (Wildman–Crippen MR) is 93.0 cm³/mol. The third-order valence-corrected chi connectivity index (χ3v) is 4.25. The van der Waals surface area contributed by atoms with E-state index < -0.39 is 0 Å². The van der Waals surface area contributed by atoms with Crippen LogP contribution in [-0.2, 0) is 6.42 Å². The molecule has 0 amide bonds. The summed E-state index contributed by atoms with van der Waals surface area (Å²) in [5, 5.41) is 4.46. The lowest BCUT2D eigenvalue weighted by Crippen LogP contribution is -2.31. The van der Waals surface area contributed by atoms with Crippen LogP contribution in [0.2, 0.25) is 5.02 Å². The summed E-state index contributed by atoms with van der Waals surface area (Å²) in [6, 6.07) is 2.58. The normalized spacial score (nSPS) is 12.5. The third kappa shape index (κ3) is 8.43. The van der Waals surface area contributed by atoms with Crippen molar-refractivity contribution in [3.05, 3.63) is 29.0 Å². The van der Waals surface area contributed by atoms with Gasteiger partial charge in [-0.3, -0.25) is 4.98 Å². The maximum Gasteiger partial charge on any atom is 0.0621 e. The summed E-state index contributed by atoms with van der Waals surface area (Å²) in [6.45, 7) is 5.57. The molecule has 0 aliphatic heterocycles. The van der Waals surface area contributed by atoms with Gasteiger partial charge in [-0.2, -0.15) is 0 Å². The summed E-state index contributed by atoms with van der Waals surface area (Å²) in [6.07, 6.45) is 15.1. The van der Waals surface area contributed by atoms with Crippen LogP contribution in [-0.4, -0.2) is 17.6 Å². The van der Waals surface area contributed by atoms with Crippen molar-refractivity contribution < 1.29 is 0 Å². The molecule has 1 aromatic rings. The predicted octanol–water partition coefficient (Wildman–Crippen LogP) is 5.40. The highest BCUT2D eigenvalue weighted by Gasteiger charge is 2.10. The number of nitrogens with one attached hydrogen (secondary N) is 1. The lowest BCUT2D eigenvalue weighted by molar-refractivity contribution is 0.450. The summed E-state index contributed by atoms with van der Waals surface area (Å²) in [7, 11) is 0. The fourth-order valence-electron chi connectivity index (χ4n) is 2.63. The van der Waals surface area contributed by atoms with E-state index in [-0.39, 0.29) is 0 Å². The van der Waals surface area contributed by atoms with E-state index in [0.717, 1.165) is 18.0 Å². The van der Waals surface area contributed by atoms with Gasteiger partial charge in [0.25, 0.3) is 0 Å². The van der Waals surface area contributed by atoms with Crippen molar-refractivity contribution in [3.63, 3.8) is 0 Å². The summed E-state index contributed by atoms with van der Waals surface area (Å²) >= 11 is 6.23. The van der Waals surface area contributed by atoms with Crippen molar-refractivity contribution in [1.29, 1.82) is 0 Å². The molecule has 2 nitrogen and oxygen atoms in total. The molecule has 1 unspecified atom stereocenters. The average molecular weight is 311 g/mol. The Bertz CT molecular complexity index is 368. The van der Waals surface area contributed by atoms with Crippen LogP contribution in [0.1, 0.15) is 70.8 Å². The van der Waals surface area contributed by atoms with Gasteiger partial charge in [0.05, 0.1) is 5.02 Å². The van der Waals surface area contributed by atoms with Gasteiger partial charge in [-0.15, -0.1) is 0 Å². The topological polar surface area (TPSA) is 24.9 Å². The minimum Gasteiger partial charge on any atom is -0.314 e. The Morgan fingerprint density at radius 2 is 1.86 bits per heavy atom. The van der Waals surface area contributed by atoms with E-state index in [1.165, 1.54) is 56.9 Å². The molecule has 21 heavy (non-hydrogen) atoms. The van der Waals surface area contributed by atoms with Crippen molar-refractivity contribution >= 4 is 11.6 Å². The van der Waals surface area contributed by atoms with Crippen molar-refractivity contribution in [1.82, 2.24) is 10.3 Å². The highest BCUT2D eigenvalue weighted by molar-refractivity contribution is 6.31. The summed E-state index contributed by atoms with van der Waals surface area (Å²) < 4.78 is 0. The number of hydrogen-bond acceptors (Lipinski definition) is 2. The van der Waals surface area contributed by atoms with Gasteiger partial charge in [-0.25, -0.2) is 0 Å². The molecule has 0 radical (unpaired) electrons. The van der Waals surface area contributed by atoms with Crippen LogP contribution >= 0.6 is 11.6 Å². The molecule has 0 saturated heterocycles. The fraction of sp³-hybridized carbons (Fsp3) is 0.722. The Hall–Kier alpha value is -0.600. The molecule has 1 heterocycles. The second-order valence-electron chi connectivity index (χ2n) is 5.88. The molecule has 0 bridgehead atoms. The van der Waals surface area contributed by atoms with Crippen LogP contribution in [0, 0.1) is 0 Å². The first-order valence-electron chi connectivity index (χ1n) is 8.59. The standard InChI is InChI=1S/C18H31ClN2/c1-3-5-6-7-8-9-10-17(21-12-4-2)14-16-11-13-20-15-18(16)19/h11,13,15,17,21H,3-10,12,14H2,1-2H3. The van der Waals surface area contributed by atoms with E-state index in [1.807, 2.05) is 12.3 Å². The second-order valence-corrected chi connectivity index (χ2v) is 6.29. The van der Waals surface area contributed by atoms with E-state index in [9.17, 15) is 0 Å². The van der Waals surface area contributed by atoms with E-state index >= 15 is 0 Å². The molecule has 1 N–H and O–H groups in total. The minimum atomic E-state index is 0.538. The Morgan fingerprint density at radius 3 is 2.57 bits per heavy atom. The highest BCUT2D eigenvalue weighted by Crippen LogP contribution is 2.18. The molecule has 1 aromatic heterocycles.